The van der Waals surface area contributed by atoms with Crippen molar-refractivity contribution in [3.05, 3.63) is 59.8 Å². The van der Waals surface area contributed by atoms with E-state index in [9.17, 15) is 9.59 Å². The summed E-state index contributed by atoms with van der Waals surface area (Å²) >= 11 is 0. The molecule has 2 amide bonds. The van der Waals surface area contributed by atoms with Crippen LogP contribution in [0.3, 0.4) is 0 Å². The zero-order valence-electron chi connectivity index (χ0n) is 17.7. The SMILES string of the molecule is CCCOc1ccc(C2=C(Nc3cccc(OCCC)c3)C(=O)N(CC)C2=O)cc1. The summed E-state index contributed by atoms with van der Waals surface area (Å²) in [5.74, 6) is 0.820. The molecule has 0 bridgehead atoms. The number of nitrogens with one attached hydrogen (secondary N) is 1. The number of carbonyl (C=O) groups is 2. The largest absolute Gasteiger partial charge is 0.494 e. The summed E-state index contributed by atoms with van der Waals surface area (Å²) in [5, 5.41) is 3.16. The van der Waals surface area contributed by atoms with Gasteiger partial charge in [0, 0.05) is 18.3 Å². The molecule has 0 radical (unpaired) electrons. The Kier molecular flexibility index (Phi) is 7.12. The monoisotopic (exact) mass is 408 g/mol. The summed E-state index contributed by atoms with van der Waals surface area (Å²) in [6.45, 7) is 7.43. The van der Waals surface area contributed by atoms with Gasteiger partial charge in [0.1, 0.15) is 17.2 Å². The van der Waals surface area contributed by atoms with Gasteiger partial charge in [0.05, 0.1) is 18.8 Å². The molecule has 0 saturated heterocycles. The van der Waals surface area contributed by atoms with Gasteiger partial charge < -0.3 is 14.8 Å². The first-order valence-electron chi connectivity index (χ1n) is 10.4. The van der Waals surface area contributed by atoms with E-state index in [2.05, 4.69) is 5.32 Å². The Morgan fingerprint density at radius 1 is 0.833 bits per heavy atom. The van der Waals surface area contributed by atoms with E-state index in [1.54, 1.807) is 6.92 Å². The number of hydrogen-bond donors (Lipinski definition) is 1. The molecule has 2 aromatic carbocycles. The highest BCUT2D eigenvalue weighted by Gasteiger charge is 2.38. The second kappa shape index (κ2) is 9.96. The van der Waals surface area contributed by atoms with Crippen molar-refractivity contribution in [2.24, 2.45) is 0 Å². The fourth-order valence-electron chi connectivity index (χ4n) is 3.21. The molecule has 0 atom stereocenters. The Morgan fingerprint density at radius 2 is 1.50 bits per heavy atom. The highest BCUT2D eigenvalue weighted by molar-refractivity contribution is 6.36. The van der Waals surface area contributed by atoms with E-state index in [1.165, 1.54) is 4.90 Å². The second-order valence-electron chi connectivity index (χ2n) is 6.98. The average molecular weight is 408 g/mol. The molecule has 6 nitrogen and oxygen atoms in total. The van der Waals surface area contributed by atoms with Gasteiger partial charge >= 0.3 is 0 Å². The lowest BCUT2D eigenvalue weighted by molar-refractivity contribution is -0.136. The van der Waals surface area contributed by atoms with Crippen LogP contribution >= 0.6 is 0 Å². The lowest BCUT2D eigenvalue weighted by Gasteiger charge is -2.12. The van der Waals surface area contributed by atoms with Crippen LogP contribution in [0.25, 0.3) is 5.57 Å². The molecule has 0 aliphatic carbocycles. The van der Waals surface area contributed by atoms with Crippen molar-refractivity contribution in [3.63, 3.8) is 0 Å². The van der Waals surface area contributed by atoms with Gasteiger partial charge in [0.2, 0.25) is 0 Å². The number of anilines is 1. The molecule has 0 aromatic heterocycles. The van der Waals surface area contributed by atoms with Crippen LogP contribution in [-0.4, -0.2) is 36.5 Å². The summed E-state index contributed by atoms with van der Waals surface area (Å²) in [6, 6.07) is 14.7. The van der Waals surface area contributed by atoms with E-state index in [0.717, 1.165) is 18.6 Å². The molecule has 1 aliphatic rings. The van der Waals surface area contributed by atoms with Crippen molar-refractivity contribution in [1.82, 2.24) is 4.90 Å². The molecule has 3 rings (SSSR count). The van der Waals surface area contributed by atoms with Crippen LogP contribution in [-0.2, 0) is 9.59 Å². The topological polar surface area (TPSA) is 67.9 Å². The van der Waals surface area contributed by atoms with Crippen molar-refractivity contribution < 1.29 is 19.1 Å². The molecular formula is C24H28N2O4. The molecule has 1 heterocycles. The van der Waals surface area contributed by atoms with Gasteiger partial charge in [-0.3, -0.25) is 14.5 Å². The van der Waals surface area contributed by atoms with Crippen molar-refractivity contribution in [2.45, 2.75) is 33.6 Å². The van der Waals surface area contributed by atoms with Crippen LogP contribution in [0.15, 0.2) is 54.2 Å². The van der Waals surface area contributed by atoms with Crippen LogP contribution < -0.4 is 14.8 Å². The van der Waals surface area contributed by atoms with Gasteiger partial charge in [-0.1, -0.05) is 32.0 Å². The molecular weight excluding hydrogens is 380 g/mol. The van der Waals surface area contributed by atoms with Crippen LogP contribution in [0.4, 0.5) is 5.69 Å². The number of hydrogen-bond acceptors (Lipinski definition) is 5. The predicted molar refractivity (Wildman–Crippen MR) is 117 cm³/mol. The van der Waals surface area contributed by atoms with Crippen LogP contribution in [0.2, 0.25) is 0 Å². The lowest BCUT2D eigenvalue weighted by Crippen LogP contribution is -2.32. The first kappa shape index (κ1) is 21.4. The maximum absolute atomic E-state index is 13.0. The van der Waals surface area contributed by atoms with Crippen molar-refractivity contribution in [3.8, 4) is 11.5 Å². The highest BCUT2D eigenvalue weighted by atomic mass is 16.5. The lowest BCUT2D eigenvalue weighted by atomic mass is 10.0. The number of ether oxygens (including phenoxy) is 2. The molecule has 158 valence electrons. The maximum atomic E-state index is 13.0. The Bertz CT molecular complexity index is 934. The third-order valence-electron chi connectivity index (χ3n) is 4.68. The fourth-order valence-corrected chi connectivity index (χ4v) is 3.21. The van der Waals surface area contributed by atoms with E-state index in [0.29, 0.717) is 42.3 Å². The predicted octanol–water partition coefficient (Wildman–Crippen LogP) is 4.48. The van der Waals surface area contributed by atoms with E-state index in [-0.39, 0.29) is 17.5 Å². The highest BCUT2D eigenvalue weighted by Crippen LogP contribution is 2.32. The number of amides is 2. The second-order valence-corrected chi connectivity index (χ2v) is 6.98. The molecule has 0 spiro atoms. The van der Waals surface area contributed by atoms with E-state index < -0.39 is 0 Å². The van der Waals surface area contributed by atoms with Gasteiger partial charge in [-0.05, 0) is 49.6 Å². The third kappa shape index (κ3) is 4.64. The molecule has 30 heavy (non-hydrogen) atoms. The molecule has 0 saturated carbocycles. The first-order chi connectivity index (χ1) is 14.6. The number of imide groups is 1. The molecule has 6 heteroatoms. The zero-order chi connectivity index (χ0) is 21.5. The smallest absolute Gasteiger partial charge is 0.278 e. The fraction of sp³-hybridized carbons (Fsp3) is 0.333. The van der Waals surface area contributed by atoms with Gasteiger partial charge in [-0.25, -0.2) is 0 Å². The molecule has 1 N–H and O–H groups in total. The van der Waals surface area contributed by atoms with Gasteiger partial charge in [-0.15, -0.1) is 0 Å². The van der Waals surface area contributed by atoms with Crippen LogP contribution in [0.1, 0.15) is 39.2 Å². The third-order valence-corrected chi connectivity index (χ3v) is 4.68. The van der Waals surface area contributed by atoms with Gasteiger partial charge in [-0.2, -0.15) is 0 Å². The van der Waals surface area contributed by atoms with E-state index in [4.69, 9.17) is 9.47 Å². The van der Waals surface area contributed by atoms with Gasteiger partial charge in [0.25, 0.3) is 11.8 Å². The van der Waals surface area contributed by atoms with E-state index >= 15 is 0 Å². The Morgan fingerprint density at radius 3 is 2.13 bits per heavy atom. The minimum atomic E-state index is -0.330. The van der Waals surface area contributed by atoms with Crippen LogP contribution in [0, 0.1) is 0 Å². The summed E-state index contributed by atoms with van der Waals surface area (Å²) < 4.78 is 11.3. The molecule has 0 unspecified atom stereocenters. The zero-order valence-corrected chi connectivity index (χ0v) is 17.7. The number of rotatable bonds is 10. The van der Waals surface area contributed by atoms with Crippen molar-refractivity contribution >= 4 is 23.1 Å². The first-order valence-corrected chi connectivity index (χ1v) is 10.4. The Hall–Kier alpha value is -3.28. The minimum absolute atomic E-state index is 0.275. The van der Waals surface area contributed by atoms with Crippen molar-refractivity contribution in [2.75, 3.05) is 25.1 Å². The van der Waals surface area contributed by atoms with E-state index in [1.807, 2.05) is 62.4 Å². The van der Waals surface area contributed by atoms with Crippen molar-refractivity contribution in [1.29, 1.82) is 0 Å². The summed E-state index contributed by atoms with van der Waals surface area (Å²) in [7, 11) is 0. The van der Waals surface area contributed by atoms with Crippen LogP contribution in [0.5, 0.6) is 11.5 Å². The quantitative estimate of drug-likeness (QED) is 0.587. The average Bonchev–Trinajstić information content (AvgIpc) is 3.00. The standard InChI is InChI=1S/C24H28N2O4/c1-4-14-29-19-12-10-17(11-13-19)21-22(24(28)26(6-3)23(21)27)25-18-8-7-9-20(16-18)30-15-5-2/h7-13,16,25H,4-6,14-15H2,1-3H3. The molecule has 2 aromatic rings. The number of nitrogens with zero attached hydrogens (tertiary/aromatic N) is 1. The summed E-state index contributed by atoms with van der Waals surface area (Å²) in [6.07, 6.45) is 1.82. The summed E-state index contributed by atoms with van der Waals surface area (Å²) in [5.41, 5.74) is 2.01. The number of benzene rings is 2. The maximum Gasteiger partial charge on any atom is 0.278 e. The Labute approximate surface area is 177 Å². The normalized spacial score (nSPS) is 13.8. The Balaban J connectivity index is 1.94. The molecule has 1 aliphatic heterocycles. The summed E-state index contributed by atoms with van der Waals surface area (Å²) in [4.78, 5) is 27.1. The van der Waals surface area contributed by atoms with Gasteiger partial charge in [0.15, 0.2) is 0 Å². The number of likely N-dealkylation sites (N-methyl/N-ethyl adjacent to an activating group) is 1. The minimum Gasteiger partial charge on any atom is -0.494 e. The molecule has 0 fully saturated rings. The number of carbonyl (C=O) groups excluding carboxylic acids is 2.